The summed E-state index contributed by atoms with van der Waals surface area (Å²) >= 11 is 0. The first-order chi connectivity index (χ1) is 4.38. The lowest BCUT2D eigenvalue weighted by Gasteiger charge is -2.10. The Labute approximate surface area is 53.6 Å². The summed E-state index contributed by atoms with van der Waals surface area (Å²) in [5, 5.41) is 0. The lowest BCUT2D eigenvalue weighted by Crippen LogP contribution is -2.27. The van der Waals surface area contributed by atoms with Crippen molar-refractivity contribution >= 4 is 5.91 Å². The molecule has 1 amide bonds. The van der Waals surface area contributed by atoms with Crippen LogP contribution in [0.3, 0.4) is 0 Å². The van der Waals surface area contributed by atoms with Crippen LogP contribution in [0.5, 0.6) is 0 Å². The fraction of sp³-hybridized carbons (Fsp3) is 0.833. The first-order valence-corrected chi connectivity index (χ1v) is 3.25. The fourth-order valence-electron chi connectivity index (χ4n) is 1.43. The van der Waals surface area contributed by atoms with E-state index in [-0.39, 0.29) is 5.91 Å². The van der Waals surface area contributed by atoms with Crippen molar-refractivity contribution in [1.29, 1.82) is 0 Å². The van der Waals surface area contributed by atoms with E-state index in [1.807, 2.05) is 4.90 Å². The first-order valence-electron chi connectivity index (χ1n) is 3.25. The number of carbonyl (C=O) groups excluding carboxylic acids is 1. The Balaban J connectivity index is 2.15. The van der Waals surface area contributed by atoms with Gasteiger partial charge in [-0.2, -0.15) is 0 Å². The number of amides is 1. The number of carbonyl (C=O) groups is 1. The number of fused-ring (bicyclic) bond motifs is 1. The largest absolute Gasteiger partial charge is 0.359 e. The summed E-state index contributed by atoms with van der Waals surface area (Å²) in [4.78, 5) is 12.7. The molecule has 0 bridgehead atoms. The van der Waals surface area contributed by atoms with Gasteiger partial charge in [0, 0.05) is 6.42 Å². The maximum Gasteiger partial charge on any atom is 0.224 e. The normalized spacial score (nSPS) is 33.6. The van der Waals surface area contributed by atoms with Crippen molar-refractivity contribution in [2.24, 2.45) is 0 Å². The van der Waals surface area contributed by atoms with Gasteiger partial charge in [-0.05, 0) is 6.42 Å². The maximum absolute atomic E-state index is 10.9. The van der Waals surface area contributed by atoms with Crippen LogP contribution in [0.4, 0.5) is 0 Å². The molecule has 0 aromatic rings. The van der Waals surface area contributed by atoms with E-state index >= 15 is 0 Å². The fourth-order valence-corrected chi connectivity index (χ4v) is 1.43. The quantitative estimate of drug-likeness (QED) is 0.457. The van der Waals surface area contributed by atoms with E-state index in [0.717, 1.165) is 19.4 Å². The van der Waals surface area contributed by atoms with Crippen LogP contribution in [0, 0.1) is 0 Å². The Hall–Kier alpha value is -0.570. The van der Waals surface area contributed by atoms with E-state index in [0.29, 0.717) is 12.8 Å². The van der Waals surface area contributed by atoms with Crippen LogP contribution in [0.25, 0.3) is 0 Å². The van der Waals surface area contributed by atoms with Gasteiger partial charge in [0.2, 0.25) is 5.91 Å². The molecule has 2 saturated heterocycles. The summed E-state index contributed by atoms with van der Waals surface area (Å²) in [6.07, 6.45) is 1.73. The van der Waals surface area contributed by atoms with E-state index in [4.69, 9.17) is 4.74 Å². The first kappa shape index (κ1) is 5.23. The third-order valence-electron chi connectivity index (χ3n) is 1.99. The van der Waals surface area contributed by atoms with Crippen molar-refractivity contribution in [2.45, 2.75) is 18.9 Å². The molecule has 0 aliphatic carbocycles. The van der Waals surface area contributed by atoms with Gasteiger partial charge in [-0.25, -0.2) is 0 Å². The lowest BCUT2D eigenvalue weighted by atomic mass is 10.2. The molecule has 2 aliphatic heterocycles. The van der Waals surface area contributed by atoms with Gasteiger partial charge in [-0.1, -0.05) is 0 Å². The topological polar surface area (TPSA) is 29.5 Å². The third-order valence-corrected chi connectivity index (χ3v) is 1.99. The number of hydrogen-bond donors (Lipinski definition) is 0. The molecule has 0 unspecified atom stereocenters. The summed E-state index contributed by atoms with van der Waals surface area (Å²) < 4.78 is 5.09. The Morgan fingerprint density at radius 1 is 1.67 bits per heavy atom. The molecule has 3 nitrogen and oxygen atoms in total. The van der Waals surface area contributed by atoms with Crippen molar-refractivity contribution in [3.63, 3.8) is 0 Å². The van der Waals surface area contributed by atoms with Gasteiger partial charge in [-0.3, -0.25) is 4.79 Å². The monoisotopic (exact) mass is 127 g/mol. The summed E-state index contributed by atoms with van der Waals surface area (Å²) in [6.45, 7) is 1.29. The second kappa shape index (κ2) is 1.70. The second-order valence-corrected chi connectivity index (χ2v) is 2.56. The summed E-state index contributed by atoms with van der Waals surface area (Å²) in [6, 6.07) is 0.414. The van der Waals surface area contributed by atoms with Crippen molar-refractivity contribution in [2.75, 3.05) is 13.3 Å². The Morgan fingerprint density at radius 2 is 2.56 bits per heavy atom. The van der Waals surface area contributed by atoms with Crippen LogP contribution >= 0.6 is 0 Å². The van der Waals surface area contributed by atoms with Crippen molar-refractivity contribution < 1.29 is 9.53 Å². The number of ether oxygens (including phenoxy) is 1. The predicted molar refractivity (Wildman–Crippen MR) is 30.7 cm³/mol. The van der Waals surface area contributed by atoms with Crippen LogP contribution in [-0.4, -0.2) is 30.2 Å². The highest BCUT2D eigenvalue weighted by molar-refractivity contribution is 5.78. The SMILES string of the molecule is O=C1CC[C@@H]2COCN12. The molecule has 2 fully saturated rings. The van der Waals surface area contributed by atoms with Crippen molar-refractivity contribution in [3.8, 4) is 0 Å². The summed E-state index contributed by atoms with van der Waals surface area (Å²) in [5.41, 5.74) is 0. The van der Waals surface area contributed by atoms with Gasteiger partial charge in [0.05, 0.1) is 12.6 Å². The summed E-state index contributed by atoms with van der Waals surface area (Å²) in [5.74, 6) is 0.262. The van der Waals surface area contributed by atoms with Gasteiger partial charge in [0.15, 0.2) is 0 Å². The number of nitrogens with zero attached hydrogens (tertiary/aromatic N) is 1. The minimum absolute atomic E-state index is 0.262. The van der Waals surface area contributed by atoms with Gasteiger partial charge >= 0.3 is 0 Å². The molecule has 3 heteroatoms. The van der Waals surface area contributed by atoms with Gasteiger partial charge in [0.25, 0.3) is 0 Å². The highest BCUT2D eigenvalue weighted by Crippen LogP contribution is 2.22. The Bertz CT molecular complexity index is 146. The Kier molecular flexibility index (Phi) is 0.990. The highest BCUT2D eigenvalue weighted by atomic mass is 16.5. The van der Waals surface area contributed by atoms with Crippen LogP contribution in [0.2, 0.25) is 0 Å². The predicted octanol–water partition coefficient (Wildman–Crippen LogP) is -0.0349. The maximum atomic E-state index is 10.9. The van der Waals surface area contributed by atoms with E-state index in [9.17, 15) is 4.79 Å². The molecule has 2 heterocycles. The smallest absolute Gasteiger partial charge is 0.224 e. The average molecular weight is 127 g/mol. The molecule has 0 aromatic heterocycles. The van der Waals surface area contributed by atoms with Crippen LogP contribution < -0.4 is 0 Å². The van der Waals surface area contributed by atoms with E-state index in [1.165, 1.54) is 0 Å². The molecule has 2 aliphatic rings. The molecule has 0 spiro atoms. The molecule has 1 atom stereocenters. The molecule has 0 aromatic carbocycles. The second-order valence-electron chi connectivity index (χ2n) is 2.56. The van der Waals surface area contributed by atoms with Crippen LogP contribution in [0.15, 0.2) is 0 Å². The number of hydrogen-bond acceptors (Lipinski definition) is 2. The molecule has 0 N–H and O–H groups in total. The molecule has 0 radical (unpaired) electrons. The minimum atomic E-state index is 0.262. The van der Waals surface area contributed by atoms with E-state index in [1.54, 1.807) is 0 Å². The Morgan fingerprint density at radius 3 is 3.33 bits per heavy atom. The zero-order chi connectivity index (χ0) is 6.27. The zero-order valence-electron chi connectivity index (χ0n) is 5.17. The molecular weight excluding hydrogens is 118 g/mol. The van der Waals surface area contributed by atoms with E-state index in [2.05, 4.69) is 0 Å². The number of rotatable bonds is 0. The molecular formula is C6H9NO2. The molecule has 2 rings (SSSR count). The third kappa shape index (κ3) is 0.645. The van der Waals surface area contributed by atoms with E-state index < -0.39 is 0 Å². The zero-order valence-corrected chi connectivity index (χ0v) is 5.17. The van der Waals surface area contributed by atoms with Crippen molar-refractivity contribution in [3.05, 3.63) is 0 Å². The van der Waals surface area contributed by atoms with Crippen LogP contribution in [0.1, 0.15) is 12.8 Å². The minimum Gasteiger partial charge on any atom is -0.359 e. The van der Waals surface area contributed by atoms with Gasteiger partial charge in [0.1, 0.15) is 6.73 Å². The summed E-state index contributed by atoms with van der Waals surface area (Å²) in [7, 11) is 0. The average Bonchev–Trinajstić information content (AvgIpc) is 2.35. The van der Waals surface area contributed by atoms with Gasteiger partial charge < -0.3 is 9.64 Å². The highest BCUT2D eigenvalue weighted by Gasteiger charge is 2.34. The standard InChI is InChI=1S/C6H9NO2/c8-6-2-1-5-3-9-4-7(5)6/h5H,1-4H2/t5-/m1/s1. The molecule has 50 valence electrons. The van der Waals surface area contributed by atoms with Crippen molar-refractivity contribution in [1.82, 2.24) is 4.90 Å². The van der Waals surface area contributed by atoms with Crippen LogP contribution in [-0.2, 0) is 9.53 Å². The lowest BCUT2D eigenvalue weighted by molar-refractivity contribution is -0.129. The molecule has 0 saturated carbocycles. The molecule has 9 heavy (non-hydrogen) atoms. The van der Waals surface area contributed by atoms with Gasteiger partial charge in [-0.15, -0.1) is 0 Å².